The Morgan fingerprint density at radius 1 is 1.05 bits per heavy atom. The highest BCUT2D eigenvalue weighted by atomic mass is 16.5. The van der Waals surface area contributed by atoms with Crippen molar-refractivity contribution in [2.24, 2.45) is 0 Å². The summed E-state index contributed by atoms with van der Waals surface area (Å²) in [7, 11) is 0. The molecular formula is C19H21NO2. The smallest absolute Gasteiger partial charge is 0.137 e. The zero-order chi connectivity index (χ0) is 16.1. The first-order valence-corrected chi connectivity index (χ1v) is 7.39. The molecule has 22 heavy (non-hydrogen) atoms. The number of hydrogen-bond acceptors (Lipinski definition) is 3. The summed E-state index contributed by atoms with van der Waals surface area (Å²) in [5.41, 5.74) is 3.81. The summed E-state index contributed by atoms with van der Waals surface area (Å²) in [6, 6.07) is 13.9. The van der Waals surface area contributed by atoms with E-state index in [9.17, 15) is 5.26 Å². The molecule has 2 aromatic carbocycles. The molecule has 0 aromatic heterocycles. The molecule has 0 fully saturated rings. The maximum atomic E-state index is 9.24. The zero-order valence-corrected chi connectivity index (χ0v) is 13.5. The maximum Gasteiger partial charge on any atom is 0.137 e. The van der Waals surface area contributed by atoms with Crippen molar-refractivity contribution in [3.05, 3.63) is 58.7 Å². The Kier molecular flexibility index (Phi) is 5.06. The van der Waals surface area contributed by atoms with Crippen molar-refractivity contribution in [3.8, 4) is 17.6 Å². The van der Waals surface area contributed by atoms with Crippen molar-refractivity contribution in [2.45, 2.75) is 40.4 Å². The van der Waals surface area contributed by atoms with Crippen LogP contribution in [0.2, 0.25) is 0 Å². The molecule has 0 aliphatic rings. The Morgan fingerprint density at radius 2 is 1.77 bits per heavy atom. The molecule has 0 spiro atoms. The molecule has 114 valence electrons. The molecule has 0 unspecified atom stereocenters. The van der Waals surface area contributed by atoms with Gasteiger partial charge in [0.15, 0.2) is 0 Å². The molecule has 0 saturated carbocycles. The highest BCUT2D eigenvalue weighted by Gasteiger charge is 2.08. The summed E-state index contributed by atoms with van der Waals surface area (Å²) in [5.74, 6) is 1.49. The summed E-state index contributed by atoms with van der Waals surface area (Å²) in [4.78, 5) is 0. The van der Waals surface area contributed by atoms with Gasteiger partial charge < -0.3 is 9.47 Å². The average Bonchev–Trinajstić information content (AvgIpc) is 2.47. The fourth-order valence-electron chi connectivity index (χ4n) is 2.23. The highest BCUT2D eigenvalue weighted by molar-refractivity contribution is 5.45. The largest absolute Gasteiger partial charge is 0.490 e. The fourth-order valence-corrected chi connectivity index (χ4v) is 2.23. The van der Waals surface area contributed by atoms with Crippen LogP contribution in [-0.2, 0) is 6.61 Å². The van der Waals surface area contributed by atoms with Gasteiger partial charge in [0.1, 0.15) is 24.2 Å². The van der Waals surface area contributed by atoms with E-state index in [1.807, 2.05) is 51.1 Å². The van der Waals surface area contributed by atoms with Gasteiger partial charge >= 0.3 is 0 Å². The van der Waals surface area contributed by atoms with E-state index in [0.29, 0.717) is 17.9 Å². The van der Waals surface area contributed by atoms with Gasteiger partial charge in [0.05, 0.1) is 11.7 Å². The molecule has 0 heterocycles. The lowest BCUT2D eigenvalue weighted by Gasteiger charge is -2.13. The summed E-state index contributed by atoms with van der Waals surface area (Å²) >= 11 is 0. The summed E-state index contributed by atoms with van der Waals surface area (Å²) in [6.07, 6.45) is 0.0457. The number of rotatable bonds is 5. The lowest BCUT2D eigenvalue weighted by molar-refractivity contribution is 0.241. The van der Waals surface area contributed by atoms with E-state index < -0.39 is 0 Å². The van der Waals surface area contributed by atoms with E-state index >= 15 is 0 Å². The Hall–Kier alpha value is -2.47. The molecule has 0 aliphatic heterocycles. The van der Waals surface area contributed by atoms with Crippen LogP contribution in [0.4, 0.5) is 0 Å². The first kappa shape index (κ1) is 15.9. The Labute approximate surface area is 132 Å². The minimum absolute atomic E-state index is 0.0457. The van der Waals surface area contributed by atoms with Crippen LogP contribution in [0.1, 0.15) is 36.1 Å². The van der Waals surface area contributed by atoms with Crippen LogP contribution in [-0.4, -0.2) is 6.10 Å². The topological polar surface area (TPSA) is 42.2 Å². The monoisotopic (exact) mass is 295 g/mol. The molecule has 0 atom stereocenters. The van der Waals surface area contributed by atoms with Crippen molar-refractivity contribution in [1.82, 2.24) is 0 Å². The van der Waals surface area contributed by atoms with E-state index in [2.05, 4.69) is 19.1 Å². The molecule has 0 saturated heterocycles. The minimum atomic E-state index is 0.0457. The van der Waals surface area contributed by atoms with Crippen LogP contribution in [0.15, 0.2) is 36.4 Å². The summed E-state index contributed by atoms with van der Waals surface area (Å²) < 4.78 is 11.5. The van der Waals surface area contributed by atoms with Gasteiger partial charge in [0, 0.05) is 0 Å². The molecule has 2 aromatic rings. The number of nitrogens with zero attached hydrogens (tertiary/aromatic N) is 1. The van der Waals surface area contributed by atoms with Crippen molar-refractivity contribution in [3.63, 3.8) is 0 Å². The molecular weight excluding hydrogens is 274 g/mol. The van der Waals surface area contributed by atoms with Gasteiger partial charge in [-0.2, -0.15) is 5.26 Å². The lowest BCUT2D eigenvalue weighted by Crippen LogP contribution is -2.07. The predicted octanol–water partition coefficient (Wildman–Crippen LogP) is 4.54. The number of ether oxygens (including phenoxy) is 2. The van der Waals surface area contributed by atoms with Crippen molar-refractivity contribution < 1.29 is 9.47 Å². The van der Waals surface area contributed by atoms with Gasteiger partial charge in [-0.1, -0.05) is 23.8 Å². The Balaban J connectivity index is 2.12. The van der Waals surface area contributed by atoms with E-state index in [4.69, 9.17) is 9.47 Å². The zero-order valence-electron chi connectivity index (χ0n) is 13.5. The van der Waals surface area contributed by atoms with E-state index in [0.717, 1.165) is 16.9 Å². The molecule has 0 N–H and O–H groups in total. The van der Waals surface area contributed by atoms with Gasteiger partial charge in [0.2, 0.25) is 0 Å². The number of nitriles is 1. The van der Waals surface area contributed by atoms with Crippen molar-refractivity contribution in [1.29, 1.82) is 5.26 Å². The Bertz CT molecular complexity index is 699. The third kappa shape index (κ3) is 4.02. The van der Waals surface area contributed by atoms with Gasteiger partial charge in [-0.15, -0.1) is 0 Å². The molecule has 2 rings (SSSR count). The van der Waals surface area contributed by atoms with Gasteiger partial charge in [-0.05, 0) is 57.0 Å². The Morgan fingerprint density at radius 3 is 2.41 bits per heavy atom. The van der Waals surface area contributed by atoms with Crippen molar-refractivity contribution >= 4 is 0 Å². The molecule has 0 radical (unpaired) electrons. The van der Waals surface area contributed by atoms with Crippen LogP contribution in [0.3, 0.4) is 0 Å². The molecule has 0 bridgehead atoms. The first-order valence-electron chi connectivity index (χ1n) is 7.39. The van der Waals surface area contributed by atoms with Crippen LogP contribution in [0, 0.1) is 25.2 Å². The molecule has 0 aliphatic carbocycles. The first-order chi connectivity index (χ1) is 10.5. The molecule has 0 amide bonds. The summed E-state index contributed by atoms with van der Waals surface area (Å²) in [6.45, 7) is 8.41. The van der Waals surface area contributed by atoms with E-state index in [1.54, 1.807) is 0 Å². The normalized spacial score (nSPS) is 10.4. The average molecular weight is 295 g/mol. The quantitative estimate of drug-likeness (QED) is 0.813. The number of hydrogen-bond donors (Lipinski definition) is 0. The van der Waals surface area contributed by atoms with Gasteiger partial charge in [-0.25, -0.2) is 0 Å². The summed E-state index contributed by atoms with van der Waals surface area (Å²) in [5, 5.41) is 9.24. The fraction of sp³-hybridized carbons (Fsp3) is 0.316. The third-order valence-corrected chi connectivity index (χ3v) is 3.25. The van der Waals surface area contributed by atoms with Crippen LogP contribution in [0.25, 0.3) is 0 Å². The molecule has 3 heteroatoms. The van der Waals surface area contributed by atoms with Crippen LogP contribution >= 0.6 is 0 Å². The molecule has 3 nitrogen and oxygen atoms in total. The van der Waals surface area contributed by atoms with Gasteiger partial charge in [-0.3, -0.25) is 0 Å². The second kappa shape index (κ2) is 7.00. The standard InChI is InChI=1S/C19H21NO2/c1-13(2)22-19-8-6-16(10-17(19)11-20)12-21-18-7-5-14(3)9-15(18)4/h5-10,13H,12H2,1-4H3. The predicted molar refractivity (Wildman–Crippen MR) is 87.2 cm³/mol. The van der Waals surface area contributed by atoms with Gasteiger partial charge in [0.25, 0.3) is 0 Å². The van der Waals surface area contributed by atoms with Crippen LogP contribution in [0.5, 0.6) is 11.5 Å². The SMILES string of the molecule is Cc1ccc(OCc2ccc(OC(C)C)c(C#N)c2)c(C)c1. The number of aryl methyl sites for hydroxylation is 2. The second-order valence-electron chi connectivity index (χ2n) is 5.67. The third-order valence-electron chi connectivity index (χ3n) is 3.25. The van der Waals surface area contributed by atoms with Crippen LogP contribution < -0.4 is 9.47 Å². The van der Waals surface area contributed by atoms with Crippen molar-refractivity contribution in [2.75, 3.05) is 0 Å². The minimum Gasteiger partial charge on any atom is -0.490 e. The second-order valence-corrected chi connectivity index (χ2v) is 5.67. The number of benzene rings is 2. The highest BCUT2D eigenvalue weighted by Crippen LogP contribution is 2.23. The lowest BCUT2D eigenvalue weighted by atomic mass is 10.1. The maximum absolute atomic E-state index is 9.24. The van der Waals surface area contributed by atoms with E-state index in [-0.39, 0.29) is 6.10 Å². The van der Waals surface area contributed by atoms with E-state index in [1.165, 1.54) is 5.56 Å².